The average Bonchev–Trinajstić information content (AvgIpc) is 1.93. The number of ether oxygens (including phenoxy) is 2. The molecule has 1 atom stereocenters. The van der Waals surface area contributed by atoms with Crippen LogP contribution in [0.15, 0.2) is 0 Å². The Morgan fingerprint density at radius 2 is 2.17 bits per heavy atom. The summed E-state index contributed by atoms with van der Waals surface area (Å²) in [7, 11) is 1.98. The molecule has 1 unspecified atom stereocenters. The van der Waals surface area contributed by atoms with Gasteiger partial charge in [0.1, 0.15) is 6.10 Å². The number of hydrogen-bond acceptors (Lipinski definition) is 3. The first-order chi connectivity index (χ1) is 5.74. The summed E-state index contributed by atoms with van der Waals surface area (Å²) in [6.45, 7) is 6.73. The Labute approximate surface area is 74.4 Å². The van der Waals surface area contributed by atoms with E-state index in [9.17, 15) is 0 Å². The Bertz CT molecular complexity index is 124. The van der Waals surface area contributed by atoms with Gasteiger partial charge in [0.2, 0.25) is 0 Å². The molecule has 0 aliphatic carbocycles. The molecule has 0 spiro atoms. The minimum Gasteiger partial charge on any atom is -0.376 e. The molecule has 0 amide bonds. The topological polar surface area (TPSA) is 30.5 Å². The largest absolute Gasteiger partial charge is 0.376 e. The second kappa shape index (κ2) is 4.80. The SMILES string of the molecule is CNC(COC1COC1)C(C)C. The van der Waals surface area contributed by atoms with Gasteiger partial charge in [0.15, 0.2) is 0 Å². The first kappa shape index (κ1) is 9.96. The van der Waals surface area contributed by atoms with Gasteiger partial charge in [0, 0.05) is 6.04 Å². The van der Waals surface area contributed by atoms with Crippen LogP contribution < -0.4 is 5.32 Å². The molecule has 1 aliphatic rings. The van der Waals surface area contributed by atoms with Gasteiger partial charge < -0.3 is 14.8 Å². The molecule has 1 rings (SSSR count). The van der Waals surface area contributed by atoms with Crippen LogP contribution in [0.1, 0.15) is 13.8 Å². The zero-order chi connectivity index (χ0) is 8.97. The summed E-state index contributed by atoms with van der Waals surface area (Å²) >= 11 is 0. The minimum atomic E-state index is 0.347. The molecule has 3 heteroatoms. The van der Waals surface area contributed by atoms with E-state index in [0.717, 1.165) is 19.8 Å². The van der Waals surface area contributed by atoms with Crippen molar-refractivity contribution in [2.75, 3.05) is 26.9 Å². The van der Waals surface area contributed by atoms with Crippen LogP contribution in [0.2, 0.25) is 0 Å². The summed E-state index contributed by atoms with van der Waals surface area (Å²) in [6.07, 6.45) is 0.347. The Hall–Kier alpha value is -0.120. The monoisotopic (exact) mass is 173 g/mol. The lowest BCUT2D eigenvalue weighted by Crippen LogP contribution is -2.42. The van der Waals surface area contributed by atoms with Gasteiger partial charge in [-0.05, 0) is 13.0 Å². The van der Waals surface area contributed by atoms with Crippen molar-refractivity contribution in [2.45, 2.75) is 26.0 Å². The molecule has 72 valence electrons. The third kappa shape index (κ3) is 2.73. The van der Waals surface area contributed by atoms with Gasteiger partial charge in [0.05, 0.1) is 19.8 Å². The van der Waals surface area contributed by atoms with Crippen molar-refractivity contribution in [3.05, 3.63) is 0 Å². The van der Waals surface area contributed by atoms with Crippen molar-refractivity contribution in [1.82, 2.24) is 5.32 Å². The summed E-state index contributed by atoms with van der Waals surface area (Å²) in [5.74, 6) is 0.621. The van der Waals surface area contributed by atoms with E-state index in [1.807, 2.05) is 7.05 Å². The van der Waals surface area contributed by atoms with Crippen molar-refractivity contribution in [3.63, 3.8) is 0 Å². The zero-order valence-electron chi connectivity index (χ0n) is 8.17. The fourth-order valence-corrected chi connectivity index (χ4v) is 1.16. The van der Waals surface area contributed by atoms with Gasteiger partial charge in [-0.25, -0.2) is 0 Å². The van der Waals surface area contributed by atoms with Crippen LogP contribution >= 0.6 is 0 Å². The summed E-state index contributed by atoms with van der Waals surface area (Å²) < 4.78 is 10.6. The van der Waals surface area contributed by atoms with Gasteiger partial charge in [-0.1, -0.05) is 13.8 Å². The Morgan fingerprint density at radius 1 is 1.50 bits per heavy atom. The van der Waals surface area contributed by atoms with Crippen LogP contribution in [0, 0.1) is 5.92 Å². The van der Waals surface area contributed by atoms with E-state index in [1.54, 1.807) is 0 Å². The zero-order valence-corrected chi connectivity index (χ0v) is 8.17. The smallest absolute Gasteiger partial charge is 0.104 e. The van der Waals surface area contributed by atoms with Gasteiger partial charge >= 0.3 is 0 Å². The van der Waals surface area contributed by atoms with Gasteiger partial charge in [-0.2, -0.15) is 0 Å². The van der Waals surface area contributed by atoms with Crippen LogP contribution in [-0.2, 0) is 9.47 Å². The van der Waals surface area contributed by atoms with E-state index in [0.29, 0.717) is 18.1 Å². The molecule has 0 aromatic rings. The van der Waals surface area contributed by atoms with Crippen molar-refractivity contribution in [1.29, 1.82) is 0 Å². The molecule has 12 heavy (non-hydrogen) atoms. The summed E-state index contributed by atoms with van der Waals surface area (Å²) in [6, 6.07) is 0.464. The van der Waals surface area contributed by atoms with Gasteiger partial charge in [-0.15, -0.1) is 0 Å². The fourth-order valence-electron chi connectivity index (χ4n) is 1.16. The van der Waals surface area contributed by atoms with Crippen molar-refractivity contribution in [2.24, 2.45) is 5.92 Å². The summed E-state index contributed by atoms with van der Waals surface area (Å²) in [5.41, 5.74) is 0. The maximum absolute atomic E-state index is 5.60. The van der Waals surface area contributed by atoms with E-state index in [2.05, 4.69) is 19.2 Å². The molecule has 1 N–H and O–H groups in total. The Morgan fingerprint density at radius 3 is 2.50 bits per heavy atom. The fraction of sp³-hybridized carbons (Fsp3) is 1.00. The second-order valence-electron chi connectivity index (χ2n) is 3.63. The van der Waals surface area contributed by atoms with Crippen molar-refractivity contribution < 1.29 is 9.47 Å². The lowest BCUT2D eigenvalue weighted by atomic mass is 10.1. The predicted molar refractivity (Wildman–Crippen MR) is 48.2 cm³/mol. The molecule has 1 fully saturated rings. The van der Waals surface area contributed by atoms with Gasteiger partial charge in [-0.3, -0.25) is 0 Å². The molecule has 1 aliphatic heterocycles. The number of rotatable bonds is 5. The van der Waals surface area contributed by atoms with Crippen LogP contribution in [-0.4, -0.2) is 39.0 Å². The van der Waals surface area contributed by atoms with E-state index in [-0.39, 0.29) is 0 Å². The minimum absolute atomic E-state index is 0.347. The average molecular weight is 173 g/mol. The number of hydrogen-bond donors (Lipinski definition) is 1. The quantitative estimate of drug-likeness (QED) is 0.662. The predicted octanol–water partition coefficient (Wildman–Crippen LogP) is 0.646. The molecule has 1 heterocycles. The van der Waals surface area contributed by atoms with E-state index >= 15 is 0 Å². The van der Waals surface area contributed by atoms with Crippen LogP contribution in [0.4, 0.5) is 0 Å². The molecular formula is C9H19NO2. The molecule has 0 aromatic carbocycles. The van der Waals surface area contributed by atoms with E-state index in [4.69, 9.17) is 9.47 Å². The van der Waals surface area contributed by atoms with E-state index in [1.165, 1.54) is 0 Å². The first-order valence-corrected chi connectivity index (χ1v) is 4.60. The Balaban J connectivity index is 2.09. The third-order valence-electron chi connectivity index (χ3n) is 2.29. The maximum Gasteiger partial charge on any atom is 0.104 e. The highest BCUT2D eigenvalue weighted by atomic mass is 16.6. The molecule has 3 nitrogen and oxygen atoms in total. The highest BCUT2D eigenvalue weighted by Gasteiger charge is 2.21. The molecular weight excluding hydrogens is 154 g/mol. The number of likely N-dealkylation sites (N-methyl/N-ethyl adjacent to an activating group) is 1. The first-order valence-electron chi connectivity index (χ1n) is 4.60. The van der Waals surface area contributed by atoms with Crippen molar-refractivity contribution in [3.8, 4) is 0 Å². The highest BCUT2D eigenvalue weighted by Crippen LogP contribution is 2.08. The number of nitrogens with one attached hydrogen (secondary N) is 1. The lowest BCUT2D eigenvalue weighted by Gasteiger charge is -2.29. The standard InChI is InChI=1S/C9H19NO2/c1-7(2)9(10-3)6-12-8-4-11-5-8/h7-10H,4-6H2,1-3H3. The normalized spacial score (nSPS) is 21.0. The molecule has 0 saturated carbocycles. The summed E-state index contributed by atoms with van der Waals surface area (Å²) in [4.78, 5) is 0. The molecule has 0 radical (unpaired) electrons. The molecule has 1 saturated heterocycles. The van der Waals surface area contributed by atoms with Gasteiger partial charge in [0.25, 0.3) is 0 Å². The highest BCUT2D eigenvalue weighted by molar-refractivity contribution is 4.71. The summed E-state index contributed by atoms with van der Waals surface area (Å²) in [5, 5.41) is 3.24. The van der Waals surface area contributed by atoms with Crippen LogP contribution in [0.3, 0.4) is 0 Å². The lowest BCUT2D eigenvalue weighted by molar-refractivity contribution is -0.134. The maximum atomic E-state index is 5.60. The molecule has 0 bridgehead atoms. The van der Waals surface area contributed by atoms with Crippen LogP contribution in [0.25, 0.3) is 0 Å². The van der Waals surface area contributed by atoms with Crippen molar-refractivity contribution >= 4 is 0 Å². The van der Waals surface area contributed by atoms with Crippen LogP contribution in [0.5, 0.6) is 0 Å². The third-order valence-corrected chi connectivity index (χ3v) is 2.29. The second-order valence-corrected chi connectivity index (χ2v) is 3.63. The molecule has 0 aromatic heterocycles. The van der Waals surface area contributed by atoms with E-state index < -0.39 is 0 Å². The Kier molecular flexibility index (Phi) is 3.98.